The fourth-order valence-corrected chi connectivity index (χ4v) is 6.61. The molecule has 0 saturated heterocycles. The molecule has 196 valence electrons. The first-order valence-electron chi connectivity index (χ1n) is 13.3. The van der Waals surface area contributed by atoms with Gasteiger partial charge in [0.15, 0.2) is 10.8 Å². The van der Waals surface area contributed by atoms with E-state index < -0.39 is 11.9 Å². The Kier molecular flexibility index (Phi) is 6.69. The Morgan fingerprint density at radius 2 is 1.89 bits per heavy atom. The molecule has 3 aromatic heterocycles. The highest BCUT2D eigenvalue weighted by Crippen LogP contribution is 2.40. The number of carbonyl (C=O) groups is 2. The number of thiazole rings is 1. The van der Waals surface area contributed by atoms with E-state index in [1.807, 2.05) is 47.5 Å². The maximum Gasteiger partial charge on any atom is 0.304 e. The van der Waals surface area contributed by atoms with Crippen LogP contribution in [0, 0.1) is 11.8 Å². The number of pyridine rings is 1. The van der Waals surface area contributed by atoms with Gasteiger partial charge in [0.05, 0.1) is 18.4 Å². The lowest BCUT2D eigenvalue weighted by atomic mass is 9.90. The summed E-state index contributed by atoms with van der Waals surface area (Å²) in [4.78, 5) is 41.3. The number of aryl methyl sites for hydroxylation is 1. The van der Waals surface area contributed by atoms with Crippen LogP contribution in [0.2, 0.25) is 0 Å². The van der Waals surface area contributed by atoms with Crippen LogP contribution in [0.25, 0.3) is 33.5 Å². The lowest BCUT2D eigenvalue weighted by molar-refractivity contribution is -0.141. The zero-order chi connectivity index (χ0) is 26.2. The van der Waals surface area contributed by atoms with Crippen LogP contribution >= 0.6 is 11.3 Å². The minimum absolute atomic E-state index is 0.0826. The van der Waals surface area contributed by atoms with Crippen molar-refractivity contribution in [3.8, 4) is 22.4 Å². The number of amides is 1. The SMILES string of the molecule is Cn1cnc2cc(-c3ccccc3-c3csc(N(C(=O)[C@@H](CC(=O)O)CC4CCCC4)C4CC4)n3)cnc21. The number of rotatable bonds is 9. The summed E-state index contributed by atoms with van der Waals surface area (Å²) in [5.41, 5.74) is 5.37. The Labute approximate surface area is 225 Å². The van der Waals surface area contributed by atoms with E-state index in [2.05, 4.69) is 16.0 Å². The average Bonchev–Trinajstić information content (AvgIpc) is 3.27. The number of nitrogens with zero attached hydrogens (tertiary/aromatic N) is 5. The average molecular weight is 530 g/mol. The molecule has 2 aliphatic carbocycles. The first-order chi connectivity index (χ1) is 18.5. The summed E-state index contributed by atoms with van der Waals surface area (Å²) in [6.45, 7) is 0. The topological polar surface area (TPSA) is 101 Å². The van der Waals surface area contributed by atoms with Crippen molar-refractivity contribution in [1.29, 1.82) is 0 Å². The summed E-state index contributed by atoms with van der Waals surface area (Å²) >= 11 is 1.45. The van der Waals surface area contributed by atoms with Crippen molar-refractivity contribution in [1.82, 2.24) is 19.5 Å². The van der Waals surface area contributed by atoms with E-state index in [1.165, 1.54) is 24.2 Å². The number of benzene rings is 1. The van der Waals surface area contributed by atoms with Gasteiger partial charge < -0.3 is 9.67 Å². The second kappa shape index (κ2) is 10.3. The first-order valence-corrected chi connectivity index (χ1v) is 14.2. The minimum atomic E-state index is -0.913. The zero-order valence-electron chi connectivity index (χ0n) is 21.4. The van der Waals surface area contributed by atoms with Crippen LogP contribution in [0.5, 0.6) is 0 Å². The Morgan fingerprint density at radius 1 is 1.13 bits per heavy atom. The quantitative estimate of drug-likeness (QED) is 0.289. The number of imidazole rings is 1. The number of aliphatic carboxylic acids is 1. The molecule has 0 bridgehead atoms. The molecule has 2 saturated carbocycles. The normalized spacial score (nSPS) is 16.7. The Balaban J connectivity index is 1.31. The molecule has 38 heavy (non-hydrogen) atoms. The maximum absolute atomic E-state index is 13.8. The number of fused-ring (bicyclic) bond motifs is 1. The summed E-state index contributed by atoms with van der Waals surface area (Å²) in [5.74, 6) is -1.06. The molecule has 2 fully saturated rings. The van der Waals surface area contributed by atoms with Crippen molar-refractivity contribution >= 4 is 39.5 Å². The monoisotopic (exact) mass is 529 g/mol. The number of anilines is 1. The number of carboxylic acid groups (broad SMARTS) is 1. The highest BCUT2D eigenvalue weighted by molar-refractivity contribution is 7.14. The second-order valence-electron chi connectivity index (χ2n) is 10.6. The van der Waals surface area contributed by atoms with Gasteiger partial charge in [-0.25, -0.2) is 15.0 Å². The van der Waals surface area contributed by atoms with Crippen molar-refractivity contribution < 1.29 is 14.7 Å². The molecule has 4 aromatic rings. The summed E-state index contributed by atoms with van der Waals surface area (Å²) in [5, 5.41) is 12.2. The van der Waals surface area contributed by atoms with Gasteiger partial charge in [0.25, 0.3) is 0 Å². The fourth-order valence-electron chi connectivity index (χ4n) is 5.71. The number of carbonyl (C=O) groups excluding carboxylic acids is 1. The van der Waals surface area contributed by atoms with Crippen molar-refractivity contribution in [2.24, 2.45) is 18.9 Å². The second-order valence-corrected chi connectivity index (χ2v) is 11.4. The van der Waals surface area contributed by atoms with Crippen LogP contribution in [-0.4, -0.2) is 42.5 Å². The third-order valence-corrected chi connectivity index (χ3v) is 8.62. The van der Waals surface area contributed by atoms with Gasteiger partial charge in [-0.1, -0.05) is 49.9 Å². The van der Waals surface area contributed by atoms with Crippen LogP contribution < -0.4 is 4.90 Å². The predicted molar refractivity (Wildman–Crippen MR) is 148 cm³/mol. The standard InChI is InChI=1S/C29H31N5O3S/c1-33-17-31-24-13-20(15-30-27(24)33)22-8-4-5-9-23(22)25-16-38-29(32-25)34(21-10-11-21)28(37)19(14-26(35)36)12-18-6-2-3-7-18/h4-5,8-9,13,15-19,21H,2-3,6-7,10-12,14H2,1H3,(H,35,36)/t19-/m1/s1. The molecular weight excluding hydrogens is 498 g/mol. The molecule has 0 spiro atoms. The van der Waals surface area contributed by atoms with E-state index in [-0.39, 0.29) is 18.4 Å². The molecule has 1 N–H and O–H groups in total. The van der Waals surface area contributed by atoms with Gasteiger partial charge in [-0.15, -0.1) is 11.3 Å². The lowest BCUT2D eigenvalue weighted by Gasteiger charge is -2.26. The van der Waals surface area contributed by atoms with Crippen molar-refractivity contribution in [2.75, 3.05) is 4.90 Å². The van der Waals surface area contributed by atoms with Crippen molar-refractivity contribution in [3.63, 3.8) is 0 Å². The van der Waals surface area contributed by atoms with Gasteiger partial charge in [-0.3, -0.25) is 14.5 Å². The molecule has 6 rings (SSSR count). The van der Waals surface area contributed by atoms with Gasteiger partial charge in [0.1, 0.15) is 5.52 Å². The van der Waals surface area contributed by atoms with Crippen LogP contribution in [0.15, 0.2) is 48.2 Å². The van der Waals surface area contributed by atoms with Crippen LogP contribution in [0.3, 0.4) is 0 Å². The van der Waals surface area contributed by atoms with Crippen molar-refractivity contribution in [3.05, 3.63) is 48.2 Å². The van der Waals surface area contributed by atoms with Gasteiger partial charge in [-0.2, -0.15) is 0 Å². The molecule has 1 amide bonds. The molecule has 8 nitrogen and oxygen atoms in total. The van der Waals surface area contributed by atoms with Gasteiger partial charge in [0, 0.05) is 41.7 Å². The van der Waals surface area contributed by atoms with E-state index in [9.17, 15) is 14.7 Å². The summed E-state index contributed by atoms with van der Waals surface area (Å²) in [6, 6.07) is 10.2. The van der Waals surface area contributed by atoms with E-state index in [0.717, 1.165) is 59.2 Å². The number of aromatic nitrogens is 4. The molecule has 2 aliphatic rings. The van der Waals surface area contributed by atoms with Gasteiger partial charge >= 0.3 is 5.97 Å². The largest absolute Gasteiger partial charge is 0.481 e. The van der Waals surface area contributed by atoms with Gasteiger partial charge in [-0.05, 0) is 36.8 Å². The molecule has 9 heteroatoms. The predicted octanol–water partition coefficient (Wildman–Crippen LogP) is 5.93. The fraction of sp³-hybridized carbons (Fsp3) is 0.414. The molecule has 1 atom stereocenters. The number of hydrogen-bond donors (Lipinski definition) is 1. The van der Waals surface area contributed by atoms with Crippen molar-refractivity contribution in [2.45, 2.75) is 57.4 Å². The van der Waals surface area contributed by atoms with Crippen LogP contribution in [0.1, 0.15) is 51.4 Å². The Morgan fingerprint density at radius 3 is 2.63 bits per heavy atom. The highest BCUT2D eigenvalue weighted by Gasteiger charge is 2.40. The summed E-state index contributed by atoms with van der Waals surface area (Å²) in [7, 11) is 1.93. The molecule has 3 heterocycles. The third kappa shape index (κ3) is 4.95. The molecule has 0 unspecified atom stereocenters. The Bertz CT molecular complexity index is 1480. The van der Waals surface area contributed by atoms with Gasteiger partial charge in [0.2, 0.25) is 5.91 Å². The van der Waals surface area contributed by atoms with E-state index in [0.29, 0.717) is 17.5 Å². The maximum atomic E-state index is 13.8. The Hall–Kier alpha value is -3.59. The number of hydrogen-bond acceptors (Lipinski definition) is 6. The zero-order valence-corrected chi connectivity index (χ0v) is 22.2. The highest BCUT2D eigenvalue weighted by atomic mass is 32.1. The van der Waals surface area contributed by atoms with E-state index in [4.69, 9.17) is 4.98 Å². The summed E-state index contributed by atoms with van der Waals surface area (Å²) < 4.78 is 1.89. The molecule has 0 radical (unpaired) electrons. The summed E-state index contributed by atoms with van der Waals surface area (Å²) in [6.07, 6.45) is 10.5. The van der Waals surface area contributed by atoms with E-state index in [1.54, 1.807) is 11.2 Å². The van der Waals surface area contributed by atoms with Crippen LogP contribution in [0.4, 0.5) is 5.13 Å². The lowest BCUT2D eigenvalue weighted by Crippen LogP contribution is -2.39. The first kappa shape index (κ1) is 24.7. The minimum Gasteiger partial charge on any atom is -0.481 e. The molecule has 0 aliphatic heterocycles. The number of carboxylic acids is 1. The third-order valence-electron chi connectivity index (χ3n) is 7.78. The smallest absolute Gasteiger partial charge is 0.304 e. The molecular formula is C29H31N5O3S. The van der Waals surface area contributed by atoms with E-state index >= 15 is 0 Å². The molecule has 1 aromatic carbocycles. The van der Waals surface area contributed by atoms with Crippen LogP contribution in [-0.2, 0) is 16.6 Å².